The van der Waals surface area contributed by atoms with E-state index in [0.29, 0.717) is 28.7 Å². The summed E-state index contributed by atoms with van der Waals surface area (Å²) in [5.41, 5.74) is 0.631. The number of aryl methyl sites for hydroxylation is 1. The average Bonchev–Trinajstić information content (AvgIpc) is 3.43. The molecule has 1 aliphatic heterocycles. The zero-order chi connectivity index (χ0) is 24.1. The van der Waals surface area contributed by atoms with E-state index in [1.807, 2.05) is 12.1 Å². The highest BCUT2D eigenvalue weighted by molar-refractivity contribution is 6.00. The zero-order valence-corrected chi connectivity index (χ0v) is 18.6. The molecule has 1 fully saturated rings. The van der Waals surface area contributed by atoms with Gasteiger partial charge in [0, 0.05) is 24.7 Å². The van der Waals surface area contributed by atoms with Gasteiger partial charge < -0.3 is 29.0 Å². The number of ether oxygens (including phenoxy) is 3. The minimum atomic E-state index is -0.667. The molecule has 10 heteroatoms. The Bertz CT molecular complexity index is 1190. The first-order valence-electron chi connectivity index (χ1n) is 10.5. The summed E-state index contributed by atoms with van der Waals surface area (Å²) in [7, 11) is 1.57. The van der Waals surface area contributed by atoms with Gasteiger partial charge in [0.2, 0.25) is 5.91 Å². The molecule has 0 bridgehead atoms. The number of esters is 1. The van der Waals surface area contributed by atoms with Gasteiger partial charge in [0.25, 0.3) is 5.91 Å². The highest BCUT2D eigenvalue weighted by Gasteiger charge is 2.36. The van der Waals surface area contributed by atoms with Crippen molar-refractivity contribution in [3.05, 3.63) is 60.4 Å². The van der Waals surface area contributed by atoms with Crippen molar-refractivity contribution in [2.24, 2.45) is 5.92 Å². The number of hydrogen-bond acceptors (Lipinski definition) is 8. The Morgan fingerprint density at radius 1 is 1.15 bits per heavy atom. The largest absolute Gasteiger partial charge is 0.493 e. The lowest BCUT2D eigenvalue weighted by molar-refractivity contribution is -0.151. The number of rotatable bonds is 8. The quantitative estimate of drug-likeness (QED) is 0.503. The van der Waals surface area contributed by atoms with Gasteiger partial charge in [-0.1, -0.05) is 17.3 Å². The Morgan fingerprint density at radius 2 is 1.88 bits per heavy atom. The number of nitrogens with one attached hydrogen (secondary N) is 1. The highest BCUT2D eigenvalue weighted by Crippen LogP contribution is 2.33. The number of carbonyl (C=O) groups is 3. The van der Waals surface area contributed by atoms with Gasteiger partial charge in [-0.25, -0.2) is 0 Å². The maximum Gasteiger partial charge on any atom is 0.311 e. The van der Waals surface area contributed by atoms with E-state index in [-0.39, 0.29) is 24.7 Å². The Morgan fingerprint density at radius 3 is 2.56 bits per heavy atom. The third-order valence-electron chi connectivity index (χ3n) is 5.14. The third kappa shape index (κ3) is 5.34. The normalized spacial score (nSPS) is 15.2. The number of nitrogens with zero attached hydrogens (tertiary/aromatic N) is 2. The van der Waals surface area contributed by atoms with Crippen molar-refractivity contribution in [2.45, 2.75) is 13.3 Å². The van der Waals surface area contributed by atoms with Crippen LogP contribution in [0.25, 0.3) is 0 Å². The number of benzene rings is 2. The monoisotopic (exact) mass is 465 g/mol. The van der Waals surface area contributed by atoms with E-state index in [2.05, 4.69) is 10.5 Å². The lowest BCUT2D eigenvalue weighted by Gasteiger charge is -2.17. The maximum absolute atomic E-state index is 12.5. The number of methoxy groups -OCH3 is 1. The smallest absolute Gasteiger partial charge is 0.311 e. The molecule has 1 saturated heterocycles. The summed E-state index contributed by atoms with van der Waals surface area (Å²) in [4.78, 5) is 38.3. The molecule has 0 aliphatic carbocycles. The fraction of sp³-hybridized carbons (Fsp3) is 0.250. The summed E-state index contributed by atoms with van der Waals surface area (Å²) >= 11 is 0. The summed E-state index contributed by atoms with van der Waals surface area (Å²) in [6.07, 6.45) is 0.00238. The molecule has 1 N–H and O–H groups in total. The Labute approximate surface area is 195 Å². The first-order chi connectivity index (χ1) is 16.4. The van der Waals surface area contributed by atoms with Crippen LogP contribution in [0, 0.1) is 12.8 Å². The van der Waals surface area contributed by atoms with Crippen LogP contribution in [0.1, 0.15) is 12.2 Å². The van der Waals surface area contributed by atoms with Gasteiger partial charge in [0.05, 0.1) is 13.0 Å². The number of anilines is 2. The van der Waals surface area contributed by atoms with E-state index < -0.39 is 24.4 Å². The second kappa shape index (κ2) is 10.1. The van der Waals surface area contributed by atoms with Gasteiger partial charge in [0.15, 0.2) is 23.9 Å². The van der Waals surface area contributed by atoms with Gasteiger partial charge in [-0.3, -0.25) is 14.4 Å². The van der Waals surface area contributed by atoms with Crippen molar-refractivity contribution < 1.29 is 33.1 Å². The molecular weight excluding hydrogens is 442 g/mol. The van der Waals surface area contributed by atoms with Gasteiger partial charge in [0.1, 0.15) is 11.5 Å². The Hall–Kier alpha value is -4.34. The van der Waals surface area contributed by atoms with E-state index in [1.165, 1.54) is 4.90 Å². The molecule has 2 aromatic carbocycles. The topological polar surface area (TPSA) is 120 Å². The number of hydrogen-bond donors (Lipinski definition) is 1. The van der Waals surface area contributed by atoms with Gasteiger partial charge >= 0.3 is 5.97 Å². The van der Waals surface area contributed by atoms with Crippen LogP contribution in [-0.2, 0) is 19.1 Å². The standard InChI is InChI=1S/C24H23N3O7/c1-15-11-21(26-34-15)25-22(28)14-32-24(30)16-12-23(29)27(13-16)17-7-9-18(10-8-17)33-20-6-4-3-5-19(20)31-2/h3-11,16H,12-14H2,1-2H3,(H,25,26,28)/t16-/m0/s1. The summed E-state index contributed by atoms with van der Waals surface area (Å²) in [5, 5.41) is 6.10. The molecule has 3 aromatic rings. The molecule has 0 radical (unpaired) electrons. The molecule has 0 saturated carbocycles. The zero-order valence-electron chi connectivity index (χ0n) is 18.6. The minimum Gasteiger partial charge on any atom is -0.493 e. The second-order valence-electron chi connectivity index (χ2n) is 7.63. The van der Waals surface area contributed by atoms with Gasteiger partial charge in [-0.05, 0) is 43.3 Å². The van der Waals surface area contributed by atoms with Crippen LogP contribution in [0.2, 0.25) is 0 Å². The van der Waals surface area contributed by atoms with Crippen molar-refractivity contribution in [3.63, 3.8) is 0 Å². The second-order valence-corrected chi connectivity index (χ2v) is 7.63. The average molecular weight is 465 g/mol. The lowest BCUT2D eigenvalue weighted by atomic mass is 10.1. The molecule has 1 aromatic heterocycles. The predicted molar refractivity (Wildman–Crippen MR) is 121 cm³/mol. The highest BCUT2D eigenvalue weighted by atomic mass is 16.5. The summed E-state index contributed by atoms with van der Waals surface area (Å²) < 4.78 is 21.1. The van der Waals surface area contributed by atoms with E-state index in [0.717, 1.165) is 0 Å². The number of carbonyl (C=O) groups excluding carboxylic acids is 3. The molecule has 34 heavy (non-hydrogen) atoms. The lowest BCUT2D eigenvalue weighted by Crippen LogP contribution is -2.28. The van der Waals surface area contributed by atoms with Crippen LogP contribution in [-0.4, -0.2) is 43.2 Å². The first-order valence-corrected chi connectivity index (χ1v) is 10.5. The summed E-state index contributed by atoms with van der Waals surface area (Å²) in [6.45, 7) is 1.37. The molecule has 176 valence electrons. The molecule has 1 aliphatic rings. The molecule has 2 amide bonds. The number of para-hydroxylation sites is 2. The van der Waals surface area contributed by atoms with Gasteiger partial charge in [-0.15, -0.1) is 0 Å². The Kier molecular flexibility index (Phi) is 6.77. The molecule has 2 heterocycles. The first kappa shape index (κ1) is 22.8. The maximum atomic E-state index is 12.5. The van der Waals surface area contributed by atoms with Crippen LogP contribution < -0.4 is 19.7 Å². The van der Waals surface area contributed by atoms with Crippen molar-refractivity contribution in [2.75, 3.05) is 30.5 Å². The fourth-order valence-corrected chi connectivity index (χ4v) is 3.50. The molecule has 4 rings (SSSR count). The number of aromatic nitrogens is 1. The van der Waals surface area contributed by atoms with Crippen LogP contribution >= 0.6 is 0 Å². The van der Waals surface area contributed by atoms with Gasteiger partial charge in [-0.2, -0.15) is 0 Å². The van der Waals surface area contributed by atoms with E-state index in [4.69, 9.17) is 18.7 Å². The SMILES string of the molecule is COc1ccccc1Oc1ccc(N2C[C@@H](C(=O)OCC(=O)Nc3cc(C)on3)CC2=O)cc1. The summed E-state index contributed by atoms with van der Waals surface area (Å²) in [6, 6.07) is 15.8. The number of amides is 2. The third-order valence-corrected chi connectivity index (χ3v) is 5.14. The Balaban J connectivity index is 1.31. The van der Waals surface area contributed by atoms with E-state index in [1.54, 1.807) is 56.5 Å². The minimum absolute atomic E-state index is 0.00238. The molecule has 0 unspecified atom stereocenters. The van der Waals surface area contributed by atoms with Crippen LogP contribution in [0.3, 0.4) is 0 Å². The van der Waals surface area contributed by atoms with Crippen molar-refractivity contribution >= 4 is 29.3 Å². The van der Waals surface area contributed by atoms with Crippen molar-refractivity contribution in [1.82, 2.24) is 5.16 Å². The van der Waals surface area contributed by atoms with E-state index in [9.17, 15) is 14.4 Å². The molecular formula is C24H23N3O7. The summed E-state index contributed by atoms with van der Waals surface area (Å²) in [5.74, 6) is 0.487. The van der Waals surface area contributed by atoms with Crippen molar-refractivity contribution in [1.29, 1.82) is 0 Å². The predicted octanol–water partition coefficient (Wildman–Crippen LogP) is 3.32. The molecule has 1 atom stereocenters. The van der Waals surface area contributed by atoms with Crippen molar-refractivity contribution in [3.8, 4) is 17.2 Å². The molecule has 0 spiro atoms. The van der Waals surface area contributed by atoms with Crippen LogP contribution in [0.15, 0.2) is 59.1 Å². The fourth-order valence-electron chi connectivity index (χ4n) is 3.50. The van der Waals surface area contributed by atoms with Crippen LogP contribution in [0.5, 0.6) is 17.2 Å². The van der Waals surface area contributed by atoms with Crippen LogP contribution in [0.4, 0.5) is 11.5 Å². The molecule has 10 nitrogen and oxygen atoms in total. The van der Waals surface area contributed by atoms with E-state index >= 15 is 0 Å².